The fourth-order valence-electron chi connectivity index (χ4n) is 7.03. The molecular weight excluding hydrogens is 494 g/mol. The van der Waals surface area contributed by atoms with Crippen molar-refractivity contribution in [3.63, 3.8) is 0 Å². The summed E-state index contributed by atoms with van der Waals surface area (Å²) in [6.07, 6.45) is 3.45. The van der Waals surface area contributed by atoms with Crippen molar-refractivity contribution in [3.05, 3.63) is 141 Å². The molecule has 0 aliphatic heterocycles. The molecule has 0 radical (unpaired) electrons. The van der Waals surface area contributed by atoms with Crippen molar-refractivity contribution >= 4 is 0 Å². The van der Waals surface area contributed by atoms with Gasteiger partial charge in [0.25, 0.3) is 0 Å². The van der Waals surface area contributed by atoms with Crippen LogP contribution in [0.15, 0.2) is 84.9 Å². The maximum absolute atomic E-state index is 14.2. The molecule has 2 aliphatic rings. The normalized spacial score (nSPS) is 15.4. The second-order valence-corrected chi connectivity index (χ2v) is 13.6. The third-order valence-corrected chi connectivity index (χ3v) is 8.69. The van der Waals surface area contributed by atoms with Gasteiger partial charge in [-0.25, -0.2) is 8.78 Å². The SMILES string of the molecule is CC(C)(C)C1c2cccc(F)c2CCc2c(F)cccc21.CC(C)(C)C1c2ccccc2CCc2ccccc21. The number of hydrogen-bond donors (Lipinski definition) is 0. The van der Waals surface area contributed by atoms with Crippen LogP contribution in [0, 0.1) is 22.5 Å². The van der Waals surface area contributed by atoms with Gasteiger partial charge in [-0.3, -0.25) is 0 Å². The van der Waals surface area contributed by atoms with Gasteiger partial charge in [-0.05, 0) is 93.2 Å². The molecule has 6 rings (SSSR count). The second-order valence-electron chi connectivity index (χ2n) is 13.6. The molecule has 40 heavy (non-hydrogen) atoms. The van der Waals surface area contributed by atoms with E-state index in [2.05, 4.69) is 90.1 Å². The molecule has 208 valence electrons. The highest BCUT2D eigenvalue weighted by Crippen LogP contribution is 2.47. The molecule has 0 amide bonds. The summed E-state index contributed by atoms with van der Waals surface area (Å²) in [5, 5.41) is 0. The summed E-state index contributed by atoms with van der Waals surface area (Å²) < 4.78 is 28.5. The summed E-state index contributed by atoms with van der Waals surface area (Å²) in [6.45, 7) is 13.5. The minimum Gasteiger partial charge on any atom is -0.207 e. The monoisotopic (exact) mass is 536 g/mol. The molecule has 0 saturated heterocycles. The molecule has 0 heterocycles. The van der Waals surface area contributed by atoms with Gasteiger partial charge >= 0.3 is 0 Å². The minimum atomic E-state index is -0.171. The maximum atomic E-state index is 14.2. The molecular formula is C38H42F2. The van der Waals surface area contributed by atoms with E-state index in [1.54, 1.807) is 12.1 Å². The van der Waals surface area contributed by atoms with E-state index in [1.807, 2.05) is 12.1 Å². The highest BCUT2D eigenvalue weighted by Gasteiger charge is 2.35. The largest absolute Gasteiger partial charge is 0.207 e. The predicted molar refractivity (Wildman–Crippen MR) is 163 cm³/mol. The fraction of sp³-hybridized carbons (Fsp3) is 0.368. The van der Waals surface area contributed by atoms with Crippen LogP contribution in [-0.4, -0.2) is 0 Å². The number of rotatable bonds is 0. The predicted octanol–water partition coefficient (Wildman–Crippen LogP) is 10.2. The lowest BCUT2D eigenvalue weighted by molar-refractivity contribution is 0.356. The van der Waals surface area contributed by atoms with Crippen LogP contribution in [0.1, 0.15) is 97.9 Å². The Morgan fingerprint density at radius 1 is 0.450 bits per heavy atom. The molecule has 0 unspecified atom stereocenters. The van der Waals surface area contributed by atoms with Crippen LogP contribution in [0.25, 0.3) is 0 Å². The Kier molecular flexibility index (Phi) is 7.75. The van der Waals surface area contributed by atoms with E-state index in [0.29, 0.717) is 18.8 Å². The van der Waals surface area contributed by atoms with E-state index in [0.717, 1.165) is 22.3 Å². The van der Waals surface area contributed by atoms with Crippen molar-refractivity contribution in [1.82, 2.24) is 0 Å². The van der Waals surface area contributed by atoms with E-state index in [9.17, 15) is 8.78 Å². The van der Waals surface area contributed by atoms with Gasteiger partial charge in [0.1, 0.15) is 11.6 Å². The smallest absolute Gasteiger partial charge is 0.126 e. The van der Waals surface area contributed by atoms with Gasteiger partial charge < -0.3 is 0 Å². The number of halogens is 2. The van der Waals surface area contributed by atoms with Crippen LogP contribution in [0.4, 0.5) is 8.78 Å². The lowest BCUT2D eigenvalue weighted by Crippen LogP contribution is -2.21. The first-order valence-corrected chi connectivity index (χ1v) is 14.7. The van der Waals surface area contributed by atoms with Crippen molar-refractivity contribution < 1.29 is 8.78 Å². The Bertz CT molecular complexity index is 1400. The summed E-state index contributed by atoms with van der Waals surface area (Å²) >= 11 is 0. The molecule has 4 aromatic carbocycles. The van der Waals surface area contributed by atoms with Crippen LogP contribution in [0.3, 0.4) is 0 Å². The van der Waals surface area contributed by atoms with Gasteiger partial charge in [-0.2, -0.15) is 0 Å². The standard InChI is InChI=1S/C19H20F2.C19H22/c1-19(2,3)18-14-6-4-8-16(20)12(14)10-11-13-15(18)7-5-9-17(13)21;1-19(2,3)18-16-10-6-4-8-14(16)12-13-15-9-5-7-11-17(15)18/h4-9,18H,10-11H2,1-3H3;4-11,18H,12-13H2,1-3H3. The molecule has 0 atom stereocenters. The third kappa shape index (κ3) is 5.51. The third-order valence-electron chi connectivity index (χ3n) is 8.69. The van der Waals surface area contributed by atoms with E-state index in [-0.39, 0.29) is 28.4 Å². The molecule has 0 bridgehead atoms. The first-order valence-electron chi connectivity index (χ1n) is 14.7. The fourth-order valence-corrected chi connectivity index (χ4v) is 7.03. The molecule has 0 N–H and O–H groups in total. The Morgan fingerprint density at radius 2 is 0.800 bits per heavy atom. The van der Waals surface area contributed by atoms with Gasteiger partial charge in [0.15, 0.2) is 0 Å². The Hall–Kier alpha value is -3.26. The zero-order chi connectivity index (χ0) is 28.7. The van der Waals surface area contributed by atoms with Crippen LogP contribution < -0.4 is 0 Å². The van der Waals surface area contributed by atoms with Crippen molar-refractivity contribution in [1.29, 1.82) is 0 Å². The topological polar surface area (TPSA) is 0 Å². The van der Waals surface area contributed by atoms with Crippen LogP contribution in [0.5, 0.6) is 0 Å². The molecule has 0 fully saturated rings. The van der Waals surface area contributed by atoms with Crippen molar-refractivity contribution in [3.8, 4) is 0 Å². The zero-order valence-electron chi connectivity index (χ0n) is 24.8. The molecule has 0 aromatic heterocycles. The molecule has 0 nitrogen and oxygen atoms in total. The van der Waals surface area contributed by atoms with Gasteiger partial charge in [0.2, 0.25) is 0 Å². The zero-order valence-corrected chi connectivity index (χ0v) is 24.8. The second kappa shape index (κ2) is 11.0. The van der Waals surface area contributed by atoms with Crippen LogP contribution >= 0.6 is 0 Å². The Balaban J connectivity index is 0.000000162. The van der Waals surface area contributed by atoms with Crippen molar-refractivity contribution in [2.45, 2.75) is 79.1 Å². The van der Waals surface area contributed by atoms with E-state index in [1.165, 1.54) is 47.2 Å². The summed E-state index contributed by atoms with van der Waals surface area (Å²) in [7, 11) is 0. The van der Waals surface area contributed by atoms with Gasteiger partial charge in [0, 0.05) is 11.8 Å². The lowest BCUT2D eigenvalue weighted by Gasteiger charge is -2.33. The number of benzene rings is 4. The number of hydrogen-bond acceptors (Lipinski definition) is 0. The molecule has 0 spiro atoms. The maximum Gasteiger partial charge on any atom is 0.126 e. The van der Waals surface area contributed by atoms with Crippen LogP contribution in [0.2, 0.25) is 0 Å². The molecule has 4 aromatic rings. The minimum absolute atomic E-state index is 0.0106. The number of fused-ring (bicyclic) bond motifs is 4. The summed E-state index contributed by atoms with van der Waals surface area (Å²) in [5.41, 5.74) is 9.75. The van der Waals surface area contributed by atoms with E-state index >= 15 is 0 Å². The average Bonchev–Trinajstić information content (AvgIpc) is 3.18. The molecule has 2 heteroatoms. The highest BCUT2D eigenvalue weighted by molar-refractivity contribution is 5.48. The molecule has 0 saturated carbocycles. The summed E-state index contributed by atoms with van der Waals surface area (Å²) in [5.74, 6) is 0.170. The quantitative estimate of drug-likeness (QED) is 0.210. The first-order chi connectivity index (χ1) is 19.0. The van der Waals surface area contributed by atoms with Gasteiger partial charge in [-0.1, -0.05) is 114 Å². The van der Waals surface area contributed by atoms with Crippen molar-refractivity contribution in [2.75, 3.05) is 0 Å². The average molecular weight is 537 g/mol. The summed E-state index contributed by atoms with van der Waals surface area (Å²) in [4.78, 5) is 0. The summed E-state index contributed by atoms with van der Waals surface area (Å²) in [6, 6.07) is 28.5. The van der Waals surface area contributed by atoms with Crippen molar-refractivity contribution in [2.24, 2.45) is 10.8 Å². The lowest BCUT2D eigenvalue weighted by atomic mass is 9.71. The Labute approximate surface area is 239 Å². The highest BCUT2D eigenvalue weighted by atomic mass is 19.1. The first kappa shape index (κ1) is 28.3. The van der Waals surface area contributed by atoms with Crippen LogP contribution in [-0.2, 0) is 25.7 Å². The van der Waals surface area contributed by atoms with Gasteiger partial charge in [-0.15, -0.1) is 0 Å². The van der Waals surface area contributed by atoms with Gasteiger partial charge in [0.05, 0.1) is 0 Å². The number of aryl methyl sites for hydroxylation is 2. The Morgan fingerprint density at radius 3 is 1.20 bits per heavy atom. The van der Waals surface area contributed by atoms with E-state index in [4.69, 9.17) is 0 Å². The molecule has 2 aliphatic carbocycles. The van der Waals surface area contributed by atoms with E-state index < -0.39 is 0 Å².